The largest absolute Gasteiger partial charge is 0.387 e. The topological polar surface area (TPSA) is 23.5 Å². The average Bonchev–Trinajstić information content (AvgIpc) is 2.80. The smallest absolute Gasteiger partial charge is 0.164 e. The van der Waals surface area contributed by atoms with Crippen LogP contribution in [0.25, 0.3) is 0 Å². The Labute approximate surface area is 113 Å². The summed E-state index contributed by atoms with van der Waals surface area (Å²) in [5.74, 6) is -1.33. The lowest BCUT2D eigenvalue weighted by Gasteiger charge is -2.29. The lowest BCUT2D eigenvalue weighted by atomic mass is 10.0. The summed E-state index contributed by atoms with van der Waals surface area (Å²) in [5, 5.41) is 10.1. The third-order valence-electron chi connectivity index (χ3n) is 3.93. The van der Waals surface area contributed by atoms with Gasteiger partial charge in [0.15, 0.2) is 11.6 Å². The van der Waals surface area contributed by atoms with Crippen molar-refractivity contribution in [1.29, 1.82) is 0 Å². The molecular formula is C15H21F2NO. The van der Waals surface area contributed by atoms with Crippen LogP contribution in [0.2, 0.25) is 0 Å². The van der Waals surface area contributed by atoms with E-state index in [1.54, 1.807) is 0 Å². The second-order valence-corrected chi connectivity index (χ2v) is 5.61. The van der Waals surface area contributed by atoms with E-state index in [2.05, 4.69) is 18.7 Å². The summed E-state index contributed by atoms with van der Waals surface area (Å²) < 4.78 is 26.8. The number of hydrogen-bond donors (Lipinski definition) is 1. The first kappa shape index (κ1) is 14.4. The molecular weight excluding hydrogens is 248 g/mol. The molecule has 1 N–H and O–H groups in total. The molecule has 1 fully saturated rings. The van der Waals surface area contributed by atoms with Gasteiger partial charge in [-0.15, -0.1) is 0 Å². The van der Waals surface area contributed by atoms with Crippen molar-refractivity contribution in [3.63, 3.8) is 0 Å². The van der Waals surface area contributed by atoms with Crippen molar-refractivity contribution in [2.24, 2.45) is 5.92 Å². The Kier molecular flexibility index (Phi) is 4.53. The Morgan fingerprint density at radius 3 is 2.79 bits per heavy atom. The minimum atomic E-state index is -0.977. The molecule has 4 heteroatoms. The van der Waals surface area contributed by atoms with Crippen molar-refractivity contribution < 1.29 is 13.9 Å². The van der Waals surface area contributed by atoms with Gasteiger partial charge in [-0.2, -0.15) is 0 Å². The van der Waals surface area contributed by atoms with E-state index in [1.807, 2.05) is 0 Å². The minimum absolute atomic E-state index is 0.0504. The van der Waals surface area contributed by atoms with E-state index in [0.29, 0.717) is 18.5 Å². The fraction of sp³-hybridized carbons (Fsp3) is 0.600. The molecule has 0 saturated carbocycles. The first-order chi connectivity index (χ1) is 9.00. The molecule has 1 aliphatic rings. The van der Waals surface area contributed by atoms with Gasteiger partial charge in [0.1, 0.15) is 0 Å². The predicted molar refractivity (Wildman–Crippen MR) is 70.8 cm³/mol. The zero-order valence-corrected chi connectivity index (χ0v) is 11.4. The van der Waals surface area contributed by atoms with Gasteiger partial charge >= 0.3 is 0 Å². The lowest BCUT2D eigenvalue weighted by molar-refractivity contribution is 0.0909. The van der Waals surface area contributed by atoms with Gasteiger partial charge < -0.3 is 5.11 Å². The highest BCUT2D eigenvalue weighted by Crippen LogP contribution is 2.27. The monoisotopic (exact) mass is 269 g/mol. The quantitative estimate of drug-likeness (QED) is 0.908. The Bertz CT molecular complexity index is 436. The molecule has 106 valence electrons. The van der Waals surface area contributed by atoms with Gasteiger partial charge in [-0.25, -0.2) is 8.78 Å². The number of hydrogen-bond acceptors (Lipinski definition) is 2. The molecule has 19 heavy (non-hydrogen) atoms. The highest BCUT2D eigenvalue weighted by molar-refractivity contribution is 5.21. The molecule has 1 heterocycles. The van der Waals surface area contributed by atoms with Crippen molar-refractivity contribution in [3.8, 4) is 0 Å². The molecule has 1 aromatic rings. The van der Waals surface area contributed by atoms with Crippen molar-refractivity contribution in [3.05, 3.63) is 35.4 Å². The number of aliphatic hydroxyl groups excluding tert-OH is 1. The predicted octanol–water partition coefficient (Wildman–Crippen LogP) is 3.12. The van der Waals surface area contributed by atoms with Gasteiger partial charge in [0.05, 0.1) is 6.10 Å². The fourth-order valence-electron chi connectivity index (χ4n) is 2.93. The highest BCUT2D eigenvalue weighted by atomic mass is 19.2. The van der Waals surface area contributed by atoms with Crippen molar-refractivity contribution in [1.82, 2.24) is 4.90 Å². The van der Waals surface area contributed by atoms with Crippen LogP contribution in [-0.4, -0.2) is 29.1 Å². The van der Waals surface area contributed by atoms with Crippen LogP contribution in [0, 0.1) is 17.6 Å². The van der Waals surface area contributed by atoms with Gasteiger partial charge in [0.2, 0.25) is 0 Å². The number of aliphatic hydroxyl groups is 1. The van der Waals surface area contributed by atoms with E-state index in [0.717, 1.165) is 25.5 Å². The third-order valence-corrected chi connectivity index (χ3v) is 3.93. The SMILES string of the molecule is CC(C)C1CCCN1CC(O)c1cccc(F)c1F. The van der Waals surface area contributed by atoms with Gasteiger partial charge in [-0.05, 0) is 31.4 Å². The standard InChI is InChI=1S/C15H21F2NO/c1-10(2)13-7-4-8-18(13)9-14(19)11-5-3-6-12(16)15(11)17/h3,5-6,10,13-14,19H,4,7-9H2,1-2H3. The van der Waals surface area contributed by atoms with E-state index >= 15 is 0 Å². The van der Waals surface area contributed by atoms with Crippen LogP contribution in [0.4, 0.5) is 8.78 Å². The summed E-state index contributed by atoms with van der Waals surface area (Å²) in [6.07, 6.45) is 1.23. The first-order valence-electron chi connectivity index (χ1n) is 6.86. The molecule has 2 nitrogen and oxygen atoms in total. The van der Waals surface area contributed by atoms with Gasteiger partial charge in [-0.3, -0.25) is 4.90 Å². The molecule has 0 amide bonds. The summed E-state index contributed by atoms with van der Waals surface area (Å²) in [7, 11) is 0. The summed E-state index contributed by atoms with van der Waals surface area (Å²) in [6.45, 7) is 5.58. The maximum absolute atomic E-state index is 13.6. The Morgan fingerprint density at radius 1 is 1.37 bits per heavy atom. The molecule has 0 aliphatic carbocycles. The van der Waals surface area contributed by atoms with Crippen LogP contribution in [-0.2, 0) is 0 Å². The first-order valence-corrected chi connectivity index (χ1v) is 6.86. The summed E-state index contributed by atoms with van der Waals surface area (Å²) >= 11 is 0. The highest BCUT2D eigenvalue weighted by Gasteiger charge is 2.29. The van der Waals surface area contributed by atoms with Crippen molar-refractivity contribution in [2.75, 3.05) is 13.1 Å². The Morgan fingerprint density at radius 2 is 2.11 bits per heavy atom. The lowest BCUT2D eigenvalue weighted by Crippen LogP contribution is -2.36. The van der Waals surface area contributed by atoms with Crippen LogP contribution in [0.1, 0.15) is 38.4 Å². The van der Waals surface area contributed by atoms with E-state index in [9.17, 15) is 13.9 Å². The molecule has 1 saturated heterocycles. The van der Waals surface area contributed by atoms with Gasteiger partial charge in [-0.1, -0.05) is 26.0 Å². The van der Waals surface area contributed by atoms with Crippen LogP contribution >= 0.6 is 0 Å². The Balaban J connectivity index is 2.08. The van der Waals surface area contributed by atoms with Crippen molar-refractivity contribution >= 4 is 0 Å². The molecule has 0 radical (unpaired) electrons. The molecule has 0 bridgehead atoms. The normalized spacial score (nSPS) is 22.1. The number of β-amino-alcohol motifs (C(OH)–C–C–N with tert-alkyl or cyclic N) is 1. The number of rotatable bonds is 4. The zero-order chi connectivity index (χ0) is 14.0. The molecule has 1 aromatic carbocycles. The van der Waals surface area contributed by atoms with E-state index in [4.69, 9.17) is 0 Å². The van der Waals surface area contributed by atoms with E-state index in [1.165, 1.54) is 12.1 Å². The van der Waals surface area contributed by atoms with Crippen LogP contribution in [0.15, 0.2) is 18.2 Å². The number of nitrogens with zero attached hydrogens (tertiary/aromatic N) is 1. The van der Waals surface area contributed by atoms with Crippen LogP contribution < -0.4 is 0 Å². The van der Waals surface area contributed by atoms with Gasteiger partial charge in [0.25, 0.3) is 0 Å². The van der Waals surface area contributed by atoms with E-state index < -0.39 is 17.7 Å². The second-order valence-electron chi connectivity index (χ2n) is 5.61. The molecule has 0 spiro atoms. The molecule has 2 rings (SSSR count). The van der Waals surface area contributed by atoms with Crippen LogP contribution in [0.3, 0.4) is 0 Å². The maximum Gasteiger partial charge on any atom is 0.164 e. The summed E-state index contributed by atoms with van der Waals surface area (Å²) in [6, 6.07) is 4.37. The van der Waals surface area contributed by atoms with E-state index in [-0.39, 0.29) is 5.56 Å². The van der Waals surface area contributed by atoms with Crippen molar-refractivity contribution in [2.45, 2.75) is 38.8 Å². The molecule has 2 unspecified atom stereocenters. The van der Waals surface area contributed by atoms with Crippen LogP contribution in [0.5, 0.6) is 0 Å². The number of halogens is 2. The Hall–Kier alpha value is -1.00. The fourth-order valence-corrected chi connectivity index (χ4v) is 2.93. The minimum Gasteiger partial charge on any atom is -0.387 e. The zero-order valence-electron chi connectivity index (χ0n) is 11.4. The second kappa shape index (κ2) is 5.97. The maximum atomic E-state index is 13.6. The number of benzene rings is 1. The van der Waals surface area contributed by atoms with Gasteiger partial charge in [0, 0.05) is 18.2 Å². The molecule has 2 atom stereocenters. The summed E-state index contributed by atoms with van der Waals surface area (Å²) in [5.41, 5.74) is 0.0504. The third kappa shape index (κ3) is 3.12. The average molecular weight is 269 g/mol. The molecule has 1 aliphatic heterocycles. The summed E-state index contributed by atoms with van der Waals surface area (Å²) in [4.78, 5) is 2.18. The number of likely N-dealkylation sites (tertiary alicyclic amines) is 1. The molecule has 0 aromatic heterocycles.